The van der Waals surface area contributed by atoms with Crippen molar-refractivity contribution in [2.45, 2.75) is 26.3 Å². The van der Waals surface area contributed by atoms with E-state index in [1.807, 2.05) is 12.1 Å². The molecule has 82 valence electrons. The van der Waals surface area contributed by atoms with E-state index in [1.165, 1.54) is 31.5 Å². The zero-order valence-electron chi connectivity index (χ0n) is 9.25. The second kappa shape index (κ2) is 5.00. The Hall–Kier alpha value is -0.530. The lowest BCUT2D eigenvalue weighted by atomic mass is 10.00. The van der Waals surface area contributed by atoms with Gasteiger partial charge in [-0.3, -0.25) is 4.90 Å². The molecule has 1 fully saturated rings. The van der Waals surface area contributed by atoms with Crippen LogP contribution in [0.2, 0.25) is 5.02 Å². The van der Waals surface area contributed by atoms with Crippen molar-refractivity contribution in [3.05, 3.63) is 34.9 Å². The molecule has 0 N–H and O–H groups in total. The minimum Gasteiger partial charge on any atom is -0.299 e. The van der Waals surface area contributed by atoms with Crippen molar-refractivity contribution in [3.63, 3.8) is 0 Å². The van der Waals surface area contributed by atoms with Gasteiger partial charge in [0.15, 0.2) is 0 Å². The predicted molar refractivity (Wildman–Crippen MR) is 65.1 cm³/mol. The lowest BCUT2D eigenvalue weighted by molar-refractivity contribution is 0.176. The molecule has 2 heteroatoms. The first-order chi connectivity index (χ1) is 7.24. The van der Waals surface area contributed by atoms with Gasteiger partial charge in [-0.2, -0.15) is 0 Å². The fourth-order valence-electron chi connectivity index (χ4n) is 2.32. The van der Waals surface area contributed by atoms with Gasteiger partial charge in [0.1, 0.15) is 0 Å². The summed E-state index contributed by atoms with van der Waals surface area (Å²) in [4.78, 5) is 2.53. The number of piperidine rings is 1. The average Bonchev–Trinajstić information content (AvgIpc) is 2.17. The second-order valence-electron chi connectivity index (χ2n) is 4.61. The number of likely N-dealkylation sites (tertiary alicyclic amines) is 1. The molecule has 1 atom stereocenters. The number of hydrogen-bond donors (Lipinski definition) is 0. The van der Waals surface area contributed by atoms with Gasteiger partial charge in [0.05, 0.1) is 0 Å². The number of hydrogen-bond acceptors (Lipinski definition) is 1. The van der Waals surface area contributed by atoms with Crippen LogP contribution >= 0.6 is 11.6 Å². The molecular formula is C13H18ClN. The van der Waals surface area contributed by atoms with Crippen molar-refractivity contribution < 1.29 is 0 Å². The van der Waals surface area contributed by atoms with E-state index in [0.29, 0.717) is 0 Å². The summed E-state index contributed by atoms with van der Waals surface area (Å²) in [6, 6.07) is 8.20. The molecule has 0 amide bonds. The van der Waals surface area contributed by atoms with Crippen molar-refractivity contribution in [2.75, 3.05) is 13.1 Å². The Bertz CT molecular complexity index is 324. The highest BCUT2D eigenvalue weighted by atomic mass is 35.5. The molecule has 15 heavy (non-hydrogen) atoms. The van der Waals surface area contributed by atoms with E-state index in [2.05, 4.69) is 24.0 Å². The van der Waals surface area contributed by atoms with Crippen molar-refractivity contribution in [3.8, 4) is 0 Å². The fourth-order valence-corrected chi connectivity index (χ4v) is 2.54. The van der Waals surface area contributed by atoms with E-state index in [-0.39, 0.29) is 0 Å². The Morgan fingerprint density at radius 3 is 3.07 bits per heavy atom. The van der Waals surface area contributed by atoms with Crippen LogP contribution in [-0.4, -0.2) is 18.0 Å². The predicted octanol–water partition coefficient (Wildman–Crippen LogP) is 3.57. The molecule has 1 heterocycles. The number of nitrogens with zero attached hydrogens (tertiary/aromatic N) is 1. The van der Waals surface area contributed by atoms with Gasteiger partial charge in [0.2, 0.25) is 0 Å². The molecule has 0 radical (unpaired) electrons. The Morgan fingerprint density at radius 2 is 2.33 bits per heavy atom. The summed E-state index contributed by atoms with van der Waals surface area (Å²) in [5, 5.41) is 0.845. The van der Waals surface area contributed by atoms with Gasteiger partial charge in [-0.15, -0.1) is 0 Å². The first-order valence-corrected chi connectivity index (χ1v) is 6.08. The first kappa shape index (κ1) is 11.0. The highest BCUT2D eigenvalue weighted by Crippen LogP contribution is 2.19. The monoisotopic (exact) mass is 223 g/mol. The fraction of sp³-hybridized carbons (Fsp3) is 0.538. The minimum absolute atomic E-state index is 0.845. The van der Waals surface area contributed by atoms with Gasteiger partial charge >= 0.3 is 0 Å². The SMILES string of the molecule is CC1CCCN(Cc2cccc(Cl)c2)C1. The maximum absolute atomic E-state index is 5.97. The van der Waals surface area contributed by atoms with Crippen LogP contribution < -0.4 is 0 Å². The summed E-state index contributed by atoms with van der Waals surface area (Å²) in [6.45, 7) is 5.85. The largest absolute Gasteiger partial charge is 0.299 e. The van der Waals surface area contributed by atoms with Crippen LogP contribution in [0.5, 0.6) is 0 Å². The number of halogens is 1. The zero-order valence-corrected chi connectivity index (χ0v) is 10.0. The number of benzene rings is 1. The molecule has 1 aliphatic heterocycles. The third kappa shape index (κ3) is 3.22. The molecule has 0 bridgehead atoms. The van der Waals surface area contributed by atoms with Gasteiger partial charge in [-0.25, -0.2) is 0 Å². The molecule has 0 spiro atoms. The van der Waals surface area contributed by atoms with Gasteiger partial charge in [0, 0.05) is 18.1 Å². The third-order valence-electron chi connectivity index (χ3n) is 3.04. The molecule has 2 rings (SSSR count). The lowest BCUT2D eigenvalue weighted by Crippen LogP contribution is -2.33. The van der Waals surface area contributed by atoms with Crippen LogP contribution in [0.15, 0.2) is 24.3 Å². The van der Waals surface area contributed by atoms with E-state index in [4.69, 9.17) is 11.6 Å². The summed E-state index contributed by atoms with van der Waals surface area (Å²) in [6.07, 6.45) is 2.72. The Balaban J connectivity index is 1.96. The Morgan fingerprint density at radius 1 is 1.47 bits per heavy atom. The molecule has 1 aromatic carbocycles. The van der Waals surface area contributed by atoms with E-state index in [1.54, 1.807) is 0 Å². The van der Waals surface area contributed by atoms with Crippen LogP contribution in [0.1, 0.15) is 25.3 Å². The quantitative estimate of drug-likeness (QED) is 0.741. The summed E-state index contributed by atoms with van der Waals surface area (Å²) in [5.74, 6) is 0.845. The van der Waals surface area contributed by atoms with Crippen molar-refractivity contribution in [2.24, 2.45) is 5.92 Å². The molecule has 1 unspecified atom stereocenters. The maximum atomic E-state index is 5.97. The van der Waals surface area contributed by atoms with Crippen molar-refractivity contribution in [1.82, 2.24) is 4.90 Å². The summed E-state index contributed by atoms with van der Waals surface area (Å²) < 4.78 is 0. The molecule has 0 aliphatic carbocycles. The van der Waals surface area contributed by atoms with E-state index in [9.17, 15) is 0 Å². The molecule has 1 aromatic rings. The van der Waals surface area contributed by atoms with Crippen LogP contribution in [0.3, 0.4) is 0 Å². The number of rotatable bonds is 2. The van der Waals surface area contributed by atoms with Crippen molar-refractivity contribution >= 4 is 11.6 Å². The normalized spacial score (nSPS) is 22.9. The summed E-state index contributed by atoms with van der Waals surface area (Å²) in [7, 11) is 0. The molecule has 1 saturated heterocycles. The van der Waals surface area contributed by atoms with Gasteiger partial charge < -0.3 is 0 Å². The minimum atomic E-state index is 0.845. The molecular weight excluding hydrogens is 206 g/mol. The zero-order chi connectivity index (χ0) is 10.7. The van der Waals surface area contributed by atoms with Crippen LogP contribution in [0.4, 0.5) is 0 Å². The summed E-state index contributed by atoms with van der Waals surface area (Å²) >= 11 is 5.97. The topological polar surface area (TPSA) is 3.24 Å². The van der Waals surface area contributed by atoms with Gasteiger partial charge in [0.25, 0.3) is 0 Å². The molecule has 0 saturated carbocycles. The van der Waals surface area contributed by atoms with E-state index < -0.39 is 0 Å². The first-order valence-electron chi connectivity index (χ1n) is 5.71. The lowest BCUT2D eigenvalue weighted by Gasteiger charge is -2.30. The second-order valence-corrected chi connectivity index (χ2v) is 5.05. The van der Waals surface area contributed by atoms with Gasteiger partial charge in [-0.05, 0) is 43.0 Å². The van der Waals surface area contributed by atoms with Crippen molar-refractivity contribution in [1.29, 1.82) is 0 Å². The average molecular weight is 224 g/mol. The van der Waals surface area contributed by atoms with Gasteiger partial charge in [-0.1, -0.05) is 30.7 Å². The molecule has 1 aliphatic rings. The Labute approximate surface area is 97.0 Å². The van der Waals surface area contributed by atoms with Crippen LogP contribution in [0, 0.1) is 5.92 Å². The standard InChI is InChI=1S/C13H18ClN/c1-11-4-3-7-15(9-11)10-12-5-2-6-13(14)8-12/h2,5-6,8,11H,3-4,7,9-10H2,1H3. The highest BCUT2D eigenvalue weighted by molar-refractivity contribution is 6.30. The maximum Gasteiger partial charge on any atom is 0.0409 e. The molecule has 0 aromatic heterocycles. The van der Waals surface area contributed by atoms with E-state index >= 15 is 0 Å². The third-order valence-corrected chi connectivity index (χ3v) is 3.27. The van der Waals surface area contributed by atoms with Crippen LogP contribution in [-0.2, 0) is 6.54 Å². The highest BCUT2D eigenvalue weighted by Gasteiger charge is 2.15. The summed E-state index contributed by atoms with van der Waals surface area (Å²) in [5.41, 5.74) is 1.33. The smallest absolute Gasteiger partial charge is 0.0409 e. The molecule has 1 nitrogen and oxygen atoms in total. The van der Waals surface area contributed by atoms with Crippen LogP contribution in [0.25, 0.3) is 0 Å². The Kier molecular flexibility index (Phi) is 3.66. The van der Waals surface area contributed by atoms with E-state index in [0.717, 1.165) is 17.5 Å².